The molecule has 2 aromatic rings. The average molecular weight is 438 g/mol. The smallest absolute Gasteiger partial charge is 0.335 e. The number of fused-ring (bicyclic) bond motifs is 2. The summed E-state index contributed by atoms with van der Waals surface area (Å²) < 4.78 is 5.58. The van der Waals surface area contributed by atoms with Gasteiger partial charge in [0.1, 0.15) is 11.2 Å². The summed E-state index contributed by atoms with van der Waals surface area (Å²) in [6, 6.07) is 21.6. The van der Waals surface area contributed by atoms with E-state index in [0.717, 1.165) is 11.1 Å². The Hall–Kier alpha value is -3.79. The second-order valence-electron chi connectivity index (χ2n) is 9.12. The van der Waals surface area contributed by atoms with Gasteiger partial charge in [-0.15, -0.1) is 0 Å². The summed E-state index contributed by atoms with van der Waals surface area (Å²) in [7, 11) is 0. The summed E-state index contributed by atoms with van der Waals surface area (Å²) in [5, 5.41) is 16.6. The number of Topliss-reactive ketones (excluding diaryl/α,β-unsaturated/α-hetero) is 1. The summed E-state index contributed by atoms with van der Waals surface area (Å²) in [6.45, 7) is 3.40. The Bertz CT molecular complexity index is 1290. The van der Waals surface area contributed by atoms with Crippen molar-refractivity contribution in [2.24, 2.45) is 20.9 Å². The molecule has 6 unspecified atom stereocenters. The lowest BCUT2D eigenvalue weighted by Crippen LogP contribution is -2.56. The SMILES string of the molecule is CCOC(=O)C12C(c3ccccc3)C1(C(C)=O)C=NC13C(c4ccccc4)C1(C#N)C=NN32. The van der Waals surface area contributed by atoms with Crippen LogP contribution in [0.1, 0.15) is 36.8 Å². The Morgan fingerprint density at radius 3 is 2.18 bits per heavy atom. The van der Waals surface area contributed by atoms with E-state index in [-0.39, 0.29) is 18.3 Å². The Labute approximate surface area is 191 Å². The van der Waals surface area contributed by atoms with Gasteiger partial charge in [0.25, 0.3) is 0 Å². The van der Waals surface area contributed by atoms with E-state index in [0.29, 0.717) is 0 Å². The van der Waals surface area contributed by atoms with Crippen LogP contribution in [0, 0.1) is 22.2 Å². The van der Waals surface area contributed by atoms with Crippen molar-refractivity contribution in [3.8, 4) is 6.07 Å². The van der Waals surface area contributed by atoms with Crippen LogP contribution in [-0.4, -0.2) is 47.0 Å². The number of benzene rings is 2. The van der Waals surface area contributed by atoms with Crippen LogP contribution in [0.5, 0.6) is 0 Å². The molecule has 0 bridgehead atoms. The molecular formula is C26H22N4O3. The van der Waals surface area contributed by atoms with Gasteiger partial charge in [0.05, 0.1) is 24.8 Å². The number of carbonyl (C=O) groups is 2. The van der Waals surface area contributed by atoms with Gasteiger partial charge in [-0.05, 0) is 25.0 Å². The third-order valence-corrected chi connectivity index (χ3v) is 7.92. The molecule has 0 N–H and O–H groups in total. The quantitative estimate of drug-likeness (QED) is 0.669. The highest BCUT2D eigenvalue weighted by Gasteiger charge is 2.97. The second kappa shape index (κ2) is 6.16. The zero-order valence-corrected chi connectivity index (χ0v) is 18.3. The number of rotatable bonds is 5. The first-order valence-corrected chi connectivity index (χ1v) is 11.1. The van der Waals surface area contributed by atoms with Gasteiger partial charge in [-0.1, -0.05) is 60.7 Å². The van der Waals surface area contributed by atoms with Gasteiger partial charge in [0.2, 0.25) is 0 Å². The van der Waals surface area contributed by atoms with Crippen molar-refractivity contribution < 1.29 is 14.3 Å². The molecule has 0 radical (unpaired) electrons. The Kier molecular flexibility index (Phi) is 3.71. The van der Waals surface area contributed by atoms with E-state index in [1.54, 1.807) is 24.4 Å². The summed E-state index contributed by atoms with van der Waals surface area (Å²) >= 11 is 0. The summed E-state index contributed by atoms with van der Waals surface area (Å²) in [5.41, 5.74) is -2.92. The van der Waals surface area contributed by atoms with Crippen LogP contribution < -0.4 is 0 Å². The number of hydrazone groups is 1. The zero-order chi connectivity index (χ0) is 23.1. The van der Waals surface area contributed by atoms with Crippen LogP contribution in [0.15, 0.2) is 70.8 Å². The zero-order valence-electron chi connectivity index (χ0n) is 18.3. The number of nitriles is 1. The molecule has 7 heteroatoms. The molecule has 7 nitrogen and oxygen atoms in total. The molecule has 2 saturated carbocycles. The summed E-state index contributed by atoms with van der Waals surface area (Å²) in [6.07, 6.45) is 3.24. The van der Waals surface area contributed by atoms with Crippen molar-refractivity contribution in [2.75, 3.05) is 6.61 Å². The summed E-state index contributed by atoms with van der Waals surface area (Å²) in [5.74, 6) is -1.51. The van der Waals surface area contributed by atoms with E-state index in [2.05, 4.69) is 11.2 Å². The number of esters is 1. The third kappa shape index (κ3) is 1.89. The molecule has 1 spiro atoms. The molecule has 2 aromatic carbocycles. The second-order valence-corrected chi connectivity index (χ2v) is 9.12. The minimum atomic E-state index is -1.39. The first-order valence-electron chi connectivity index (χ1n) is 11.1. The first-order chi connectivity index (χ1) is 16.0. The van der Waals surface area contributed by atoms with Gasteiger partial charge in [-0.25, -0.2) is 9.80 Å². The maximum atomic E-state index is 13.8. The molecule has 0 saturated heterocycles. The molecule has 2 fully saturated rings. The van der Waals surface area contributed by atoms with Gasteiger partial charge >= 0.3 is 5.97 Å². The standard InChI is InChI=1S/C26H22N4O3/c1-3-33-22(32)25-21(19-12-8-5-9-13-19)24(25,17(2)31)16-28-26-20(18-10-6-4-7-11-18)23(26,14-27)15-29-30(25)26/h4-13,15-16,20-21H,3H2,1-2H3. The fourth-order valence-corrected chi connectivity index (χ4v) is 6.56. The Morgan fingerprint density at radius 1 is 1.03 bits per heavy atom. The number of nitrogens with zero attached hydrogens (tertiary/aromatic N) is 4. The van der Waals surface area contributed by atoms with Crippen molar-refractivity contribution in [1.29, 1.82) is 5.26 Å². The third-order valence-electron chi connectivity index (χ3n) is 7.92. The lowest BCUT2D eigenvalue weighted by atomic mass is 9.92. The maximum Gasteiger partial charge on any atom is 0.335 e. The van der Waals surface area contributed by atoms with Gasteiger partial charge in [-0.3, -0.25) is 9.79 Å². The lowest BCUT2D eigenvalue weighted by Gasteiger charge is -2.37. The van der Waals surface area contributed by atoms with Crippen molar-refractivity contribution in [3.63, 3.8) is 0 Å². The molecule has 33 heavy (non-hydrogen) atoms. The molecule has 2 aliphatic carbocycles. The van der Waals surface area contributed by atoms with Crippen LogP contribution in [-0.2, 0) is 14.3 Å². The fourth-order valence-electron chi connectivity index (χ4n) is 6.56. The largest absolute Gasteiger partial charge is 0.464 e. The Morgan fingerprint density at radius 2 is 1.64 bits per heavy atom. The van der Waals surface area contributed by atoms with Crippen molar-refractivity contribution in [3.05, 3.63) is 71.8 Å². The van der Waals surface area contributed by atoms with Crippen LogP contribution in [0.3, 0.4) is 0 Å². The highest BCUT2D eigenvalue weighted by molar-refractivity contribution is 6.16. The minimum Gasteiger partial charge on any atom is -0.464 e. The highest BCUT2D eigenvalue weighted by Crippen LogP contribution is 2.83. The number of hydrogen-bond donors (Lipinski definition) is 0. The minimum absolute atomic E-state index is 0.170. The molecule has 0 aromatic heterocycles. The van der Waals surface area contributed by atoms with E-state index in [4.69, 9.17) is 9.73 Å². The summed E-state index contributed by atoms with van der Waals surface area (Å²) in [4.78, 5) is 31.9. The van der Waals surface area contributed by atoms with E-state index in [1.807, 2.05) is 60.7 Å². The molecule has 6 atom stereocenters. The van der Waals surface area contributed by atoms with Crippen molar-refractivity contribution in [2.45, 2.75) is 36.9 Å². The van der Waals surface area contributed by atoms with Crippen LogP contribution in [0.4, 0.5) is 0 Å². The number of carbonyl (C=O) groups excluding carboxylic acids is 2. The predicted molar refractivity (Wildman–Crippen MR) is 120 cm³/mol. The average Bonchev–Trinajstić information content (AvgIpc) is 3.63. The van der Waals surface area contributed by atoms with Gasteiger partial charge < -0.3 is 4.74 Å². The highest BCUT2D eigenvalue weighted by atomic mass is 16.5. The topological polar surface area (TPSA) is 95.1 Å². The van der Waals surface area contributed by atoms with Crippen molar-refractivity contribution >= 4 is 24.2 Å². The normalized spacial score (nSPS) is 38.5. The molecule has 2 heterocycles. The monoisotopic (exact) mass is 438 g/mol. The number of hydrogen-bond acceptors (Lipinski definition) is 7. The van der Waals surface area contributed by atoms with Gasteiger partial charge in [-0.2, -0.15) is 10.4 Å². The number of ether oxygens (including phenoxy) is 1. The van der Waals surface area contributed by atoms with Gasteiger partial charge in [0, 0.05) is 12.1 Å². The van der Waals surface area contributed by atoms with E-state index < -0.39 is 33.9 Å². The number of ketones is 1. The molecule has 6 rings (SSSR count). The van der Waals surface area contributed by atoms with Gasteiger partial charge in [0.15, 0.2) is 16.6 Å². The molecule has 2 aliphatic heterocycles. The molecule has 164 valence electrons. The van der Waals surface area contributed by atoms with Crippen molar-refractivity contribution in [1.82, 2.24) is 5.01 Å². The maximum absolute atomic E-state index is 13.8. The lowest BCUT2D eigenvalue weighted by molar-refractivity contribution is -0.156. The van der Waals surface area contributed by atoms with E-state index in [1.165, 1.54) is 6.92 Å². The Balaban J connectivity index is 1.60. The van der Waals surface area contributed by atoms with E-state index >= 15 is 0 Å². The van der Waals surface area contributed by atoms with Crippen LogP contribution in [0.25, 0.3) is 0 Å². The fraction of sp³-hybridized carbons (Fsp3) is 0.346. The van der Waals surface area contributed by atoms with Crippen LogP contribution >= 0.6 is 0 Å². The number of aliphatic imine (C=N–C) groups is 1. The van der Waals surface area contributed by atoms with Crippen LogP contribution in [0.2, 0.25) is 0 Å². The molecular weight excluding hydrogens is 416 g/mol. The predicted octanol–water partition coefficient (Wildman–Crippen LogP) is 3.05. The molecule has 0 amide bonds. The van der Waals surface area contributed by atoms with E-state index in [9.17, 15) is 14.9 Å². The first kappa shape index (κ1) is 19.9. The molecule has 4 aliphatic rings.